The van der Waals surface area contributed by atoms with Gasteiger partial charge in [0.05, 0.1) is 6.61 Å². The van der Waals surface area contributed by atoms with Gasteiger partial charge in [0.25, 0.3) is 4.82 Å². The van der Waals surface area contributed by atoms with Gasteiger partial charge >= 0.3 is 0 Å². The van der Waals surface area contributed by atoms with E-state index in [-0.39, 0.29) is 4.82 Å². The van der Waals surface area contributed by atoms with E-state index in [4.69, 9.17) is 4.74 Å². The molecule has 0 atom stereocenters. The summed E-state index contributed by atoms with van der Waals surface area (Å²) >= 11 is 2.82. The SMILES string of the molecule is O=C(Br)NCc1ccc2c(c1)CCO2. The Morgan fingerprint density at radius 1 is 1.57 bits per heavy atom. The molecule has 0 aromatic heterocycles. The van der Waals surface area contributed by atoms with Crippen molar-refractivity contribution in [3.63, 3.8) is 0 Å². The zero-order valence-electron chi connectivity index (χ0n) is 7.55. The average Bonchev–Trinajstić information content (AvgIpc) is 2.61. The van der Waals surface area contributed by atoms with E-state index in [1.54, 1.807) is 0 Å². The highest BCUT2D eigenvalue weighted by atomic mass is 79.9. The standard InChI is InChI=1S/C10H10BrNO2/c11-10(13)12-6-7-1-2-9-8(5-7)3-4-14-9/h1-2,5H,3-4,6H2,(H,12,13). The first-order valence-corrected chi connectivity index (χ1v) is 5.23. The van der Waals surface area contributed by atoms with E-state index in [1.807, 2.05) is 12.1 Å². The molecule has 3 nitrogen and oxygen atoms in total. The van der Waals surface area contributed by atoms with Crippen LogP contribution in [0.1, 0.15) is 11.1 Å². The minimum Gasteiger partial charge on any atom is -0.493 e. The second kappa shape index (κ2) is 4.00. The zero-order valence-corrected chi connectivity index (χ0v) is 9.13. The normalized spacial score (nSPS) is 13.2. The number of rotatable bonds is 2. The van der Waals surface area contributed by atoms with Gasteiger partial charge in [-0.3, -0.25) is 4.79 Å². The zero-order chi connectivity index (χ0) is 9.97. The van der Waals surface area contributed by atoms with Gasteiger partial charge in [-0.15, -0.1) is 0 Å². The molecule has 4 heteroatoms. The van der Waals surface area contributed by atoms with Gasteiger partial charge in [-0.05, 0) is 17.2 Å². The van der Waals surface area contributed by atoms with Crippen LogP contribution in [0.4, 0.5) is 4.79 Å². The number of amides is 1. The van der Waals surface area contributed by atoms with Crippen LogP contribution in [-0.4, -0.2) is 11.4 Å². The molecule has 0 saturated heterocycles. The fourth-order valence-electron chi connectivity index (χ4n) is 1.52. The van der Waals surface area contributed by atoms with Crippen molar-refractivity contribution in [3.8, 4) is 5.75 Å². The molecular formula is C10H10BrNO2. The Bertz CT molecular complexity index is 365. The molecule has 2 rings (SSSR count). The smallest absolute Gasteiger partial charge is 0.287 e. The molecule has 1 aromatic carbocycles. The first kappa shape index (κ1) is 9.52. The Kier molecular flexibility index (Phi) is 2.72. The van der Waals surface area contributed by atoms with Crippen LogP contribution in [0.5, 0.6) is 5.75 Å². The number of hydrogen-bond acceptors (Lipinski definition) is 2. The molecule has 0 aliphatic carbocycles. The van der Waals surface area contributed by atoms with E-state index < -0.39 is 0 Å². The summed E-state index contributed by atoms with van der Waals surface area (Å²) in [5.41, 5.74) is 2.33. The maximum Gasteiger partial charge on any atom is 0.287 e. The predicted octanol–water partition coefficient (Wildman–Crippen LogP) is 2.23. The third-order valence-corrected chi connectivity index (χ3v) is 2.47. The van der Waals surface area contributed by atoms with Crippen molar-refractivity contribution in [3.05, 3.63) is 29.3 Å². The molecule has 0 fully saturated rings. The van der Waals surface area contributed by atoms with E-state index in [1.165, 1.54) is 5.56 Å². The minimum absolute atomic E-state index is 0.186. The van der Waals surface area contributed by atoms with E-state index in [0.717, 1.165) is 24.3 Å². The fourth-order valence-corrected chi connectivity index (χ4v) is 1.66. The van der Waals surface area contributed by atoms with Crippen LogP contribution in [0, 0.1) is 0 Å². The lowest BCUT2D eigenvalue weighted by Gasteiger charge is -2.03. The highest BCUT2D eigenvalue weighted by Gasteiger charge is 2.11. The van der Waals surface area contributed by atoms with Gasteiger partial charge in [0, 0.05) is 28.9 Å². The largest absolute Gasteiger partial charge is 0.493 e. The number of ether oxygens (including phenoxy) is 1. The number of carbonyl (C=O) groups is 1. The second-order valence-corrected chi connectivity index (χ2v) is 3.89. The molecule has 1 amide bonds. The number of benzene rings is 1. The predicted molar refractivity (Wildman–Crippen MR) is 56.8 cm³/mol. The van der Waals surface area contributed by atoms with Crippen molar-refractivity contribution in [1.29, 1.82) is 0 Å². The average molecular weight is 256 g/mol. The van der Waals surface area contributed by atoms with E-state index in [9.17, 15) is 4.79 Å². The van der Waals surface area contributed by atoms with Gasteiger partial charge in [0.1, 0.15) is 5.75 Å². The molecule has 0 saturated carbocycles. The molecule has 14 heavy (non-hydrogen) atoms. The topological polar surface area (TPSA) is 38.3 Å². The van der Waals surface area contributed by atoms with Crippen molar-refractivity contribution >= 4 is 20.7 Å². The molecule has 0 unspecified atom stereocenters. The van der Waals surface area contributed by atoms with E-state index in [0.29, 0.717) is 6.54 Å². The maximum absolute atomic E-state index is 10.6. The number of carbonyl (C=O) groups excluding carboxylic acids is 1. The van der Waals surface area contributed by atoms with Crippen LogP contribution in [0.25, 0.3) is 0 Å². The van der Waals surface area contributed by atoms with Crippen LogP contribution in [0.15, 0.2) is 18.2 Å². The number of nitrogens with one attached hydrogen (secondary N) is 1. The first-order chi connectivity index (χ1) is 6.75. The lowest BCUT2D eigenvalue weighted by molar-refractivity contribution is 0.261. The van der Waals surface area contributed by atoms with Crippen molar-refractivity contribution in [1.82, 2.24) is 5.32 Å². The maximum atomic E-state index is 10.6. The fraction of sp³-hybridized carbons (Fsp3) is 0.300. The van der Waals surface area contributed by atoms with Crippen molar-refractivity contribution in [2.75, 3.05) is 6.61 Å². The molecule has 1 N–H and O–H groups in total. The van der Waals surface area contributed by atoms with Gasteiger partial charge in [-0.2, -0.15) is 0 Å². The van der Waals surface area contributed by atoms with Gasteiger partial charge in [0.2, 0.25) is 0 Å². The van der Waals surface area contributed by atoms with E-state index in [2.05, 4.69) is 27.3 Å². The van der Waals surface area contributed by atoms with Crippen LogP contribution in [0.2, 0.25) is 0 Å². The minimum atomic E-state index is -0.186. The van der Waals surface area contributed by atoms with Crippen molar-refractivity contribution in [2.45, 2.75) is 13.0 Å². The number of halogens is 1. The first-order valence-electron chi connectivity index (χ1n) is 4.43. The summed E-state index contributed by atoms with van der Waals surface area (Å²) < 4.78 is 5.38. The summed E-state index contributed by atoms with van der Waals surface area (Å²) in [4.78, 5) is 10.4. The van der Waals surface area contributed by atoms with Gasteiger partial charge in [-0.1, -0.05) is 12.1 Å². The van der Waals surface area contributed by atoms with Gasteiger partial charge in [-0.25, -0.2) is 0 Å². The van der Waals surface area contributed by atoms with Crippen LogP contribution in [0.3, 0.4) is 0 Å². The van der Waals surface area contributed by atoms with Gasteiger partial charge in [0.15, 0.2) is 0 Å². The molecule has 1 aliphatic heterocycles. The summed E-state index contributed by atoms with van der Waals surface area (Å²) in [5, 5.41) is 2.69. The summed E-state index contributed by atoms with van der Waals surface area (Å²) in [6.45, 7) is 1.32. The summed E-state index contributed by atoms with van der Waals surface area (Å²) in [6.07, 6.45) is 0.964. The van der Waals surface area contributed by atoms with Crippen LogP contribution >= 0.6 is 15.9 Å². The summed E-state index contributed by atoms with van der Waals surface area (Å²) in [7, 11) is 0. The van der Waals surface area contributed by atoms with Crippen LogP contribution < -0.4 is 10.1 Å². The molecule has 74 valence electrons. The van der Waals surface area contributed by atoms with Crippen molar-refractivity contribution in [2.24, 2.45) is 0 Å². The molecule has 0 bridgehead atoms. The summed E-state index contributed by atoms with van der Waals surface area (Å²) in [5.74, 6) is 0.971. The highest BCUT2D eigenvalue weighted by molar-refractivity contribution is 9.18. The van der Waals surface area contributed by atoms with Crippen LogP contribution in [-0.2, 0) is 13.0 Å². The monoisotopic (exact) mass is 255 g/mol. The Morgan fingerprint density at radius 3 is 3.21 bits per heavy atom. The molecule has 1 aliphatic rings. The Morgan fingerprint density at radius 2 is 2.43 bits per heavy atom. The number of hydrogen-bond donors (Lipinski definition) is 1. The third kappa shape index (κ3) is 2.07. The molecular weight excluding hydrogens is 246 g/mol. The molecule has 0 radical (unpaired) electrons. The van der Waals surface area contributed by atoms with Crippen molar-refractivity contribution < 1.29 is 9.53 Å². The lowest BCUT2D eigenvalue weighted by Crippen LogP contribution is -2.14. The lowest BCUT2D eigenvalue weighted by atomic mass is 10.1. The van der Waals surface area contributed by atoms with E-state index >= 15 is 0 Å². The third-order valence-electron chi connectivity index (χ3n) is 2.19. The van der Waals surface area contributed by atoms with Gasteiger partial charge < -0.3 is 10.1 Å². The molecule has 1 heterocycles. The quantitative estimate of drug-likeness (QED) is 0.650. The number of fused-ring (bicyclic) bond motifs is 1. The Balaban J connectivity index is 2.09. The molecule has 0 spiro atoms. The molecule has 1 aromatic rings. The Labute approximate surface area is 90.6 Å². The summed E-state index contributed by atoms with van der Waals surface area (Å²) in [6, 6.07) is 6.00. The Hall–Kier alpha value is -1.03. The highest BCUT2D eigenvalue weighted by Crippen LogP contribution is 2.25. The second-order valence-electron chi connectivity index (χ2n) is 3.17.